The van der Waals surface area contributed by atoms with Crippen LogP contribution in [-0.2, 0) is 9.59 Å². The summed E-state index contributed by atoms with van der Waals surface area (Å²) < 4.78 is 0. The summed E-state index contributed by atoms with van der Waals surface area (Å²) in [6.07, 6.45) is 1.31. The fraction of sp³-hybridized carbons (Fsp3) is 0.417. The number of Topliss-reactive ketones (excluding diaryl/α,β-unsaturated/α-hetero) is 1. The van der Waals surface area contributed by atoms with Crippen LogP contribution in [0, 0.1) is 10.1 Å². The summed E-state index contributed by atoms with van der Waals surface area (Å²) in [4.78, 5) is 36.7. The average molecular weight is 406 g/mol. The Morgan fingerprint density at radius 1 is 1.43 bits per heavy atom. The molecule has 0 spiro atoms. The summed E-state index contributed by atoms with van der Waals surface area (Å²) in [5.74, 6) is -0.617. The first-order chi connectivity index (χ1) is 10.9. The van der Waals surface area contributed by atoms with Crippen molar-refractivity contribution in [2.24, 2.45) is 11.5 Å². The van der Waals surface area contributed by atoms with E-state index in [1.807, 2.05) is 0 Å². The molecule has 23 heavy (non-hydrogen) atoms. The van der Waals surface area contributed by atoms with Gasteiger partial charge in [0, 0.05) is 0 Å². The van der Waals surface area contributed by atoms with Crippen LogP contribution >= 0.6 is 10.2 Å². The number of rotatable bonds is 11. The summed E-state index contributed by atoms with van der Waals surface area (Å²) >= 11 is -0.0155. The maximum absolute atomic E-state index is 12.0. The Balaban J connectivity index is 2.46. The van der Waals surface area contributed by atoms with E-state index in [0.717, 1.165) is 0 Å². The van der Waals surface area contributed by atoms with Crippen molar-refractivity contribution in [1.29, 1.82) is 0 Å². The Hall–Kier alpha value is -1.52. The number of carbonyl (C=O) groups excluding carboxylic acids is 2. The number of nitro groups is 1. The molecule has 1 amide bonds. The first-order valence-electron chi connectivity index (χ1n) is 6.58. The second-order valence-electron chi connectivity index (χ2n) is 4.37. The van der Waals surface area contributed by atoms with E-state index in [1.165, 1.54) is 22.4 Å². The van der Waals surface area contributed by atoms with Crippen molar-refractivity contribution in [2.45, 2.75) is 29.2 Å². The van der Waals surface area contributed by atoms with E-state index in [-0.39, 0.29) is 44.8 Å². The molecule has 1 aromatic heterocycles. The number of aromatic nitrogens is 1. The molecule has 0 saturated heterocycles. The van der Waals surface area contributed by atoms with Gasteiger partial charge in [0.25, 0.3) is 0 Å². The van der Waals surface area contributed by atoms with E-state index in [9.17, 15) is 19.7 Å². The molecule has 0 aromatic carbocycles. The number of nitrogens with one attached hydrogen (secondary N) is 1. The summed E-state index contributed by atoms with van der Waals surface area (Å²) in [5.41, 5.74) is 10.4. The molecule has 0 fully saturated rings. The molecule has 1 atom stereocenters. The van der Waals surface area contributed by atoms with E-state index in [1.54, 1.807) is 6.07 Å². The van der Waals surface area contributed by atoms with Gasteiger partial charge in [0.2, 0.25) is 0 Å². The van der Waals surface area contributed by atoms with Crippen LogP contribution in [-0.4, -0.2) is 48.1 Å². The minimum absolute atomic E-state index is 0.0155. The third-order valence-corrected chi connectivity index (χ3v) is 6.72. The van der Waals surface area contributed by atoms with Crippen molar-refractivity contribution in [2.75, 3.05) is 6.67 Å². The quantitative estimate of drug-likeness (QED) is 0.198. The van der Waals surface area contributed by atoms with Gasteiger partial charge >= 0.3 is 142 Å². The van der Waals surface area contributed by atoms with E-state index in [2.05, 4.69) is 10.3 Å². The van der Waals surface area contributed by atoms with E-state index >= 15 is 0 Å². The Morgan fingerprint density at radius 2 is 2.17 bits per heavy atom. The topological polar surface area (TPSA) is 154 Å². The van der Waals surface area contributed by atoms with Crippen LogP contribution in [0.2, 0.25) is 5.32 Å². The molecule has 1 heterocycles. The minimum atomic E-state index is -0.514. The van der Waals surface area contributed by atoms with Crippen LogP contribution in [0.4, 0.5) is 5.69 Å². The molecule has 0 aliphatic rings. The van der Waals surface area contributed by atoms with Gasteiger partial charge in [0.15, 0.2) is 0 Å². The van der Waals surface area contributed by atoms with E-state index < -0.39 is 16.9 Å². The fourth-order valence-corrected chi connectivity index (χ4v) is 5.37. The molecule has 126 valence electrons. The molecule has 11 heteroatoms. The first-order valence-corrected chi connectivity index (χ1v) is 10.6. The molecule has 1 aromatic rings. The van der Waals surface area contributed by atoms with Crippen LogP contribution in [0.25, 0.3) is 0 Å². The molecule has 0 aliphatic carbocycles. The number of amides is 1. The van der Waals surface area contributed by atoms with Gasteiger partial charge in [-0.05, 0) is 0 Å². The number of hydrogen-bond donors (Lipinski definition) is 3. The Morgan fingerprint density at radius 3 is 2.70 bits per heavy atom. The van der Waals surface area contributed by atoms with Gasteiger partial charge in [-0.25, -0.2) is 0 Å². The van der Waals surface area contributed by atoms with Crippen molar-refractivity contribution in [3.63, 3.8) is 0 Å². The summed E-state index contributed by atoms with van der Waals surface area (Å²) in [6.45, 7) is 0.156. The third-order valence-electron chi connectivity index (χ3n) is 2.68. The molecule has 9 nitrogen and oxygen atoms in total. The van der Waals surface area contributed by atoms with Gasteiger partial charge in [-0.3, -0.25) is 0 Å². The zero-order valence-corrected chi connectivity index (χ0v) is 14.7. The second kappa shape index (κ2) is 10.3. The number of primary amides is 1. The van der Waals surface area contributed by atoms with Crippen molar-refractivity contribution in [3.05, 3.63) is 28.4 Å². The molecular formula is C12H17N5O4SSe. The zero-order valence-electron chi connectivity index (χ0n) is 12.1. The number of hydrogen-bond acceptors (Lipinski definition) is 8. The number of nitrogens with zero attached hydrogens (tertiary/aromatic N) is 2. The van der Waals surface area contributed by atoms with Gasteiger partial charge in [0.05, 0.1) is 0 Å². The molecule has 0 bridgehead atoms. The molecule has 0 radical (unpaired) electrons. The average Bonchev–Trinajstić information content (AvgIpc) is 2.52. The number of carbonyl (C=O) groups is 2. The van der Waals surface area contributed by atoms with E-state index in [0.29, 0.717) is 10.3 Å². The molecule has 0 unspecified atom stereocenters. The zero-order chi connectivity index (χ0) is 17.2. The number of ketones is 1. The van der Waals surface area contributed by atoms with Gasteiger partial charge in [-0.1, -0.05) is 0 Å². The second-order valence-corrected chi connectivity index (χ2v) is 8.43. The van der Waals surface area contributed by atoms with Crippen molar-refractivity contribution in [3.8, 4) is 0 Å². The first kappa shape index (κ1) is 19.5. The van der Waals surface area contributed by atoms with Crippen LogP contribution in [0.3, 0.4) is 0 Å². The summed E-state index contributed by atoms with van der Waals surface area (Å²) in [5, 5.41) is 14.6. The Labute approximate surface area is 142 Å². The summed E-state index contributed by atoms with van der Waals surface area (Å²) in [6, 6.07) is 2.54. The van der Waals surface area contributed by atoms with Gasteiger partial charge in [0.1, 0.15) is 0 Å². The van der Waals surface area contributed by atoms with Crippen LogP contribution < -0.4 is 16.8 Å². The normalized spacial score (nSPS) is 11.9. The molecule has 1 rings (SSSR count). The Bertz CT molecular complexity index is 557. The van der Waals surface area contributed by atoms with Crippen LogP contribution in [0.1, 0.15) is 12.8 Å². The number of nitrogens with two attached hydrogens (primary N) is 2. The monoisotopic (exact) mass is 407 g/mol. The SMILES string of the molecule is NCN[C@@H](C[Se]Sc1ccc([N+](=O)[O-])cn1)C(=O)CCC(N)=O. The molecular weight excluding hydrogens is 389 g/mol. The standard InChI is InChI=1S/C12H17N5O4SSe/c13-7-16-9(10(18)2-3-11(14)19)6-23-22-12-4-1-8(5-15-12)17(20)21/h1,4-5,9,16H,2-3,6-7,13H2,(H2,14,19)/t9-/m0/s1. The van der Waals surface area contributed by atoms with Gasteiger partial charge in [-0.2, -0.15) is 0 Å². The van der Waals surface area contributed by atoms with Crippen LogP contribution in [0.5, 0.6) is 0 Å². The van der Waals surface area contributed by atoms with Crippen LogP contribution in [0.15, 0.2) is 23.4 Å². The molecule has 0 saturated carbocycles. The predicted molar refractivity (Wildman–Crippen MR) is 86.7 cm³/mol. The maximum atomic E-state index is 12.0. The Kier molecular flexibility index (Phi) is 8.74. The fourth-order valence-electron chi connectivity index (χ4n) is 1.52. The van der Waals surface area contributed by atoms with Gasteiger partial charge in [-0.15, -0.1) is 0 Å². The third kappa shape index (κ3) is 7.53. The van der Waals surface area contributed by atoms with Gasteiger partial charge < -0.3 is 0 Å². The predicted octanol–water partition coefficient (Wildman–Crippen LogP) is -0.172. The summed E-state index contributed by atoms with van der Waals surface area (Å²) in [7, 11) is 1.44. The van der Waals surface area contributed by atoms with E-state index in [4.69, 9.17) is 11.5 Å². The van der Waals surface area contributed by atoms with Crippen molar-refractivity contribution in [1.82, 2.24) is 10.3 Å². The number of pyridine rings is 1. The van der Waals surface area contributed by atoms with Crippen molar-refractivity contribution < 1.29 is 14.5 Å². The van der Waals surface area contributed by atoms with Crippen molar-refractivity contribution >= 4 is 41.4 Å². The molecule has 0 aliphatic heterocycles. The molecule has 5 N–H and O–H groups in total.